The summed E-state index contributed by atoms with van der Waals surface area (Å²) in [4.78, 5) is 16.3. The second-order valence-electron chi connectivity index (χ2n) is 6.88. The molecule has 3 heterocycles. The molecule has 0 N–H and O–H groups in total. The fourth-order valence-corrected chi connectivity index (χ4v) is 3.62. The van der Waals surface area contributed by atoms with Crippen LogP contribution < -0.4 is 0 Å². The Morgan fingerprint density at radius 1 is 1.15 bits per heavy atom. The van der Waals surface area contributed by atoms with Crippen LogP contribution in [0.1, 0.15) is 46.3 Å². The Labute approximate surface area is 152 Å². The average molecular weight is 347 g/mol. The number of fused-ring (bicyclic) bond motifs is 3. The number of aromatic nitrogens is 2. The van der Waals surface area contributed by atoms with Gasteiger partial charge in [-0.15, -0.1) is 0 Å². The van der Waals surface area contributed by atoms with Crippen LogP contribution in [-0.4, -0.2) is 21.7 Å². The minimum absolute atomic E-state index is 0.270. The zero-order valence-corrected chi connectivity index (χ0v) is 15.4. The first-order valence-electron chi connectivity index (χ1n) is 8.72. The predicted molar refractivity (Wildman–Crippen MR) is 101 cm³/mol. The molecule has 0 amide bonds. The van der Waals surface area contributed by atoms with Crippen LogP contribution in [0.3, 0.4) is 0 Å². The fourth-order valence-electron chi connectivity index (χ4n) is 3.62. The van der Waals surface area contributed by atoms with Gasteiger partial charge in [-0.1, -0.05) is 35.0 Å². The fraction of sp³-hybridized carbons (Fsp3) is 0.286. The SMILES string of the molecule is Cc1ccc(C2=N[C@@H](CC=O)c3onc(C)c3-c3cn(C)c(C)c32)cc1. The Kier molecular flexibility index (Phi) is 3.87. The predicted octanol–water partition coefficient (Wildman–Crippen LogP) is 4.09. The Balaban J connectivity index is 2.05. The third kappa shape index (κ3) is 2.43. The van der Waals surface area contributed by atoms with Gasteiger partial charge < -0.3 is 13.9 Å². The van der Waals surface area contributed by atoms with Crippen LogP contribution >= 0.6 is 0 Å². The molecule has 1 aromatic carbocycles. The van der Waals surface area contributed by atoms with Gasteiger partial charge in [-0.2, -0.15) is 0 Å². The zero-order chi connectivity index (χ0) is 18.4. The van der Waals surface area contributed by atoms with E-state index < -0.39 is 0 Å². The Morgan fingerprint density at radius 2 is 1.88 bits per heavy atom. The van der Waals surface area contributed by atoms with Crippen molar-refractivity contribution in [2.45, 2.75) is 33.2 Å². The number of aliphatic imine (C=N–C) groups is 1. The maximum atomic E-state index is 11.3. The molecule has 0 saturated heterocycles. The molecule has 0 saturated carbocycles. The van der Waals surface area contributed by atoms with Gasteiger partial charge in [0.15, 0.2) is 5.76 Å². The molecule has 1 aliphatic heterocycles. The molecule has 132 valence electrons. The van der Waals surface area contributed by atoms with Crippen molar-refractivity contribution in [1.29, 1.82) is 0 Å². The number of aryl methyl sites for hydroxylation is 3. The summed E-state index contributed by atoms with van der Waals surface area (Å²) in [7, 11) is 2.03. The quantitative estimate of drug-likeness (QED) is 0.671. The van der Waals surface area contributed by atoms with E-state index in [4.69, 9.17) is 9.52 Å². The molecule has 0 unspecified atom stereocenters. The largest absolute Gasteiger partial charge is 0.358 e. The first kappa shape index (κ1) is 16.5. The highest BCUT2D eigenvalue weighted by atomic mass is 16.5. The van der Waals surface area contributed by atoms with Gasteiger partial charge in [-0.05, 0) is 20.8 Å². The van der Waals surface area contributed by atoms with Gasteiger partial charge in [-0.25, -0.2) is 0 Å². The van der Waals surface area contributed by atoms with E-state index in [1.807, 2.05) is 14.0 Å². The van der Waals surface area contributed by atoms with E-state index in [0.717, 1.165) is 45.6 Å². The maximum Gasteiger partial charge on any atom is 0.169 e. The number of benzene rings is 1. The topological polar surface area (TPSA) is 60.4 Å². The standard InChI is InChI=1S/C21H21N3O2/c1-12-5-7-15(8-6-12)20-19-14(3)24(4)11-16(19)18-13(2)23-26-21(18)17(22-20)9-10-25/h5-8,10-11,17H,9H2,1-4H3/t17-/m0/s1. The van der Waals surface area contributed by atoms with Crippen LogP contribution in [0.25, 0.3) is 11.1 Å². The number of aldehydes is 1. The lowest BCUT2D eigenvalue weighted by molar-refractivity contribution is -0.108. The summed E-state index contributed by atoms with van der Waals surface area (Å²) < 4.78 is 7.72. The van der Waals surface area contributed by atoms with Gasteiger partial charge in [0.1, 0.15) is 12.3 Å². The first-order chi connectivity index (χ1) is 12.5. The van der Waals surface area contributed by atoms with Crippen LogP contribution in [0.2, 0.25) is 0 Å². The molecule has 5 nitrogen and oxygen atoms in total. The van der Waals surface area contributed by atoms with Gasteiger partial charge in [0.25, 0.3) is 0 Å². The molecule has 0 aliphatic carbocycles. The van der Waals surface area contributed by atoms with Crippen molar-refractivity contribution in [3.05, 3.63) is 64.3 Å². The molecule has 0 spiro atoms. The van der Waals surface area contributed by atoms with E-state index in [0.29, 0.717) is 5.76 Å². The monoisotopic (exact) mass is 347 g/mol. The van der Waals surface area contributed by atoms with Gasteiger partial charge in [-0.3, -0.25) is 4.99 Å². The summed E-state index contributed by atoms with van der Waals surface area (Å²) in [5.41, 5.74) is 8.18. The Morgan fingerprint density at radius 3 is 2.58 bits per heavy atom. The lowest BCUT2D eigenvalue weighted by Crippen LogP contribution is -2.08. The highest BCUT2D eigenvalue weighted by molar-refractivity contribution is 6.18. The van der Waals surface area contributed by atoms with Crippen molar-refractivity contribution in [2.24, 2.45) is 12.0 Å². The van der Waals surface area contributed by atoms with Crippen LogP contribution in [0, 0.1) is 20.8 Å². The lowest BCUT2D eigenvalue weighted by Gasteiger charge is -2.11. The second kappa shape index (κ2) is 6.09. The normalized spacial score (nSPS) is 15.8. The van der Waals surface area contributed by atoms with Crippen LogP contribution in [0.15, 0.2) is 40.0 Å². The molecule has 26 heavy (non-hydrogen) atoms. The molecular formula is C21H21N3O2. The number of rotatable bonds is 3. The number of hydrogen-bond donors (Lipinski definition) is 0. The van der Waals surface area contributed by atoms with Gasteiger partial charge >= 0.3 is 0 Å². The minimum atomic E-state index is -0.364. The molecule has 5 heteroatoms. The molecule has 0 bridgehead atoms. The van der Waals surface area contributed by atoms with E-state index in [2.05, 4.69) is 54.0 Å². The molecule has 3 aromatic rings. The van der Waals surface area contributed by atoms with Crippen molar-refractivity contribution >= 4 is 12.0 Å². The summed E-state index contributed by atoms with van der Waals surface area (Å²) in [5.74, 6) is 0.670. The van der Waals surface area contributed by atoms with Gasteiger partial charge in [0.2, 0.25) is 0 Å². The first-order valence-corrected chi connectivity index (χ1v) is 8.72. The number of nitrogens with zero attached hydrogens (tertiary/aromatic N) is 3. The number of carbonyl (C=O) groups is 1. The number of hydrogen-bond acceptors (Lipinski definition) is 4. The molecule has 1 aliphatic rings. The molecule has 0 fully saturated rings. The summed E-state index contributed by atoms with van der Waals surface area (Å²) in [6.07, 6.45) is 3.26. The third-order valence-corrected chi connectivity index (χ3v) is 5.11. The molecular weight excluding hydrogens is 326 g/mol. The zero-order valence-electron chi connectivity index (χ0n) is 15.4. The van der Waals surface area contributed by atoms with Crippen molar-refractivity contribution in [3.8, 4) is 11.1 Å². The molecule has 4 rings (SSSR count). The Hall–Kier alpha value is -2.95. The summed E-state index contributed by atoms with van der Waals surface area (Å²) in [6, 6.07) is 7.97. The minimum Gasteiger partial charge on any atom is -0.358 e. The summed E-state index contributed by atoms with van der Waals surface area (Å²) >= 11 is 0. The van der Waals surface area contributed by atoms with Crippen LogP contribution in [0.5, 0.6) is 0 Å². The van der Waals surface area contributed by atoms with Gasteiger partial charge in [0, 0.05) is 42.0 Å². The van der Waals surface area contributed by atoms with E-state index in [1.165, 1.54) is 5.56 Å². The highest BCUT2D eigenvalue weighted by Gasteiger charge is 2.32. The van der Waals surface area contributed by atoms with Crippen molar-refractivity contribution in [3.63, 3.8) is 0 Å². The molecule has 0 radical (unpaired) electrons. The van der Waals surface area contributed by atoms with E-state index in [9.17, 15) is 4.79 Å². The van der Waals surface area contributed by atoms with Gasteiger partial charge in [0.05, 0.1) is 17.0 Å². The molecule has 1 atom stereocenters. The summed E-state index contributed by atoms with van der Waals surface area (Å²) in [6.45, 7) is 6.09. The van der Waals surface area contributed by atoms with Crippen molar-refractivity contribution in [1.82, 2.24) is 9.72 Å². The van der Waals surface area contributed by atoms with Crippen LogP contribution in [0.4, 0.5) is 0 Å². The number of carbonyl (C=O) groups excluding carboxylic acids is 1. The average Bonchev–Trinajstić information content (AvgIpc) is 3.09. The second-order valence-corrected chi connectivity index (χ2v) is 6.88. The Bertz CT molecular complexity index is 1020. The maximum absolute atomic E-state index is 11.3. The smallest absolute Gasteiger partial charge is 0.169 e. The van der Waals surface area contributed by atoms with E-state index in [1.54, 1.807) is 0 Å². The third-order valence-electron chi connectivity index (χ3n) is 5.11. The van der Waals surface area contributed by atoms with Crippen LogP contribution in [-0.2, 0) is 11.8 Å². The van der Waals surface area contributed by atoms with E-state index in [-0.39, 0.29) is 12.5 Å². The van der Waals surface area contributed by atoms with E-state index >= 15 is 0 Å². The summed E-state index contributed by atoms with van der Waals surface area (Å²) in [5, 5.41) is 4.15. The lowest BCUT2D eigenvalue weighted by atomic mass is 9.95. The highest BCUT2D eigenvalue weighted by Crippen LogP contribution is 2.42. The molecule has 2 aromatic heterocycles. The van der Waals surface area contributed by atoms with Crippen molar-refractivity contribution in [2.75, 3.05) is 0 Å². The van der Waals surface area contributed by atoms with Crippen molar-refractivity contribution < 1.29 is 9.32 Å².